The van der Waals surface area contributed by atoms with Gasteiger partial charge in [0.25, 0.3) is 0 Å². The lowest BCUT2D eigenvalue weighted by atomic mass is 10.0. The first kappa shape index (κ1) is 16.8. The second-order valence-corrected chi connectivity index (χ2v) is 6.92. The number of rotatable bonds is 4. The number of carbonyl (C=O) groups excluding carboxylic acids is 1. The Balaban J connectivity index is 1.73. The van der Waals surface area contributed by atoms with E-state index in [4.69, 9.17) is 11.6 Å². The second kappa shape index (κ2) is 6.81. The first-order valence-corrected chi connectivity index (χ1v) is 8.59. The van der Waals surface area contributed by atoms with E-state index < -0.39 is 0 Å². The van der Waals surface area contributed by atoms with E-state index in [1.165, 1.54) is 0 Å². The van der Waals surface area contributed by atoms with Crippen LogP contribution in [0.15, 0.2) is 18.2 Å². The number of benzene rings is 1. The summed E-state index contributed by atoms with van der Waals surface area (Å²) in [6, 6.07) is 4.99. The van der Waals surface area contributed by atoms with Crippen LogP contribution in [0.2, 0.25) is 5.02 Å². The Morgan fingerprint density at radius 3 is 2.83 bits per heavy atom. The van der Waals surface area contributed by atoms with Gasteiger partial charge in [-0.3, -0.25) is 0 Å². The molecule has 24 heavy (non-hydrogen) atoms. The molecule has 0 saturated carbocycles. The molecule has 1 aliphatic rings. The highest BCUT2D eigenvalue weighted by molar-refractivity contribution is 6.31. The SMILES string of the molecule is Cc1ccc(NC(=O)N[C@H](c2nnc3n2CCC3)C(C)C)cc1Cl. The van der Waals surface area contributed by atoms with Crippen LogP contribution < -0.4 is 10.6 Å². The summed E-state index contributed by atoms with van der Waals surface area (Å²) in [5, 5.41) is 15.0. The van der Waals surface area contributed by atoms with Crippen LogP contribution in [0, 0.1) is 12.8 Å². The van der Waals surface area contributed by atoms with Crippen LogP contribution in [0.5, 0.6) is 0 Å². The van der Waals surface area contributed by atoms with Crippen molar-refractivity contribution in [3.63, 3.8) is 0 Å². The van der Waals surface area contributed by atoms with E-state index in [0.29, 0.717) is 10.7 Å². The molecular weight excluding hydrogens is 326 g/mol. The molecule has 0 fully saturated rings. The first-order chi connectivity index (χ1) is 11.5. The van der Waals surface area contributed by atoms with E-state index in [0.717, 1.165) is 36.6 Å². The molecule has 2 heterocycles. The number of nitrogens with one attached hydrogen (secondary N) is 2. The van der Waals surface area contributed by atoms with Crippen LogP contribution in [0.4, 0.5) is 10.5 Å². The van der Waals surface area contributed by atoms with Crippen LogP contribution in [0.1, 0.15) is 43.5 Å². The summed E-state index contributed by atoms with van der Waals surface area (Å²) in [7, 11) is 0. The average Bonchev–Trinajstić information content (AvgIpc) is 3.12. The van der Waals surface area contributed by atoms with Crippen molar-refractivity contribution < 1.29 is 4.79 Å². The molecule has 6 nitrogen and oxygen atoms in total. The molecule has 0 bridgehead atoms. The molecule has 7 heteroatoms. The van der Waals surface area contributed by atoms with Gasteiger partial charge in [-0.15, -0.1) is 10.2 Å². The molecule has 0 saturated heterocycles. The van der Waals surface area contributed by atoms with Crippen LogP contribution in [-0.2, 0) is 13.0 Å². The zero-order chi connectivity index (χ0) is 17.3. The van der Waals surface area contributed by atoms with Crippen molar-refractivity contribution in [1.82, 2.24) is 20.1 Å². The van der Waals surface area contributed by atoms with Gasteiger partial charge < -0.3 is 15.2 Å². The minimum Gasteiger partial charge on any atom is -0.328 e. The molecule has 2 aromatic rings. The molecule has 2 N–H and O–H groups in total. The number of aryl methyl sites for hydroxylation is 2. The largest absolute Gasteiger partial charge is 0.328 e. The third-order valence-corrected chi connectivity index (χ3v) is 4.71. The van der Waals surface area contributed by atoms with E-state index in [2.05, 4.69) is 39.2 Å². The maximum absolute atomic E-state index is 12.4. The van der Waals surface area contributed by atoms with Gasteiger partial charge in [-0.1, -0.05) is 31.5 Å². The Hall–Kier alpha value is -2.08. The number of hydrogen-bond donors (Lipinski definition) is 2. The maximum atomic E-state index is 12.4. The van der Waals surface area contributed by atoms with Crippen LogP contribution in [0.3, 0.4) is 0 Å². The lowest BCUT2D eigenvalue weighted by molar-refractivity contribution is 0.243. The summed E-state index contributed by atoms with van der Waals surface area (Å²) in [6.45, 7) is 6.96. The number of nitrogens with zero attached hydrogens (tertiary/aromatic N) is 3. The minimum absolute atomic E-state index is 0.190. The average molecular weight is 348 g/mol. The predicted octanol–water partition coefficient (Wildman–Crippen LogP) is 3.70. The number of carbonyl (C=O) groups is 1. The maximum Gasteiger partial charge on any atom is 0.319 e. The predicted molar refractivity (Wildman–Crippen MR) is 94.3 cm³/mol. The highest BCUT2D eigenvalue weighted by Gasteiger charge is 2.27. The van der Waals surface area contributed by atoms with Crippen molar-refractivity contribution in [2.24, 2.45) is 5.92 Å². The fourth-order valence-corrected chi connectivity index (χ4v) is 3.09. The molecule has 0 radical (unpaired) electrons. The monoisotopic (exact) mass is 347 g/mol. The fraction of sp³-hybridized carbons (Fsp3) is 0.471. The van der Waals surface area contributed by atoms with E-state index in [9.17, 15) is 4.79 Å². The van der Waals surface area contributed by atoms with E-state index in [1.807, 2.05) is 19.1 Å². The van der Waals surface area contributed by atoms with Gasteiger partial charge in [-0.05, 0) is 37.0 Å². The Morgan fingerprint density at radius 1 is 1.33 bits per heavy atom. The summed E-state index contributed by atoms with van der Waals surface area (Å²) in [6.07, 6.45) is 2.03. The molecule has 128 valence electrons. The normalized spacial score (nSPS) is 14.5. The lowest BCUT2D eigenvalue weighted by Crippen LogP contribution is -2.36. The highest BCUT2D eigenvalue weighted by atomic mass is 35.5. The van der Waals surface area contributed by atoms with Gasteiger partial charge >= 0.3 is 6.03 Å². The Bertz CT molecular complexity index is 755. The zero-order valence-corrected chi connectivity index (χ0v) is 14.9. The highest BCUT2D eigenvalue weighted by Crippen LogP contribution is 2.25. The Labute approximate surface area is 146 Å². The first-order valence-electron chi connectivity index (χ1n) is 8.21. The molecule has 0 aliphatic carbocycles. The summed E-state index contributed by atoms with van der Waals surface area (Å²) in [4.78, 5) is 12.4. The molecule has 1 atom stereocenters. The standard InChI is InChI=1S/C17H22ClN5O/c1-10(2)15(16-22-21-14-5-4-8-23(14)16)20-17(24)19-12-7-6-11(3)13(18)9-12/h6-7,9-10,15H,4-5,8H2,1-3H3,(H2,19,20,24)/t15-/m0/s1. The number of fused-ring (bicyclic) bond motifs is 1. The van der Waals surface area contributed by atoms with Crippen molar-refractivity contribution >= 4 is 23.3 Å². The van der Waals surface area contributed by atoms with Crippen LogP contribution in [0.25, 0.3) is 0 Å². The molecule has 3 rings (SSSR count). The van der Waals surface area contributed by atoms with Crippen molar-refractivity contribution in [3.8, 4) is 0 Å². The second-order valence-electron chi connectivity index (χ2n) is 6.51. The number of aromatic nitrogens is 3. The minimum atomic E-state index is -0.274. The number of halogens is 1. The summed E-state index contributed by atoms with van der Waals surface area (Å²) >= 11 is 6.11. The van der Waals surface area contributed by atoms with Gasteiger partial charge in [-0.25, -0.2) is 4.79 Å². The van der Waals surface area contributed by atoms with Gasteiger partial charge in [0.1, 0.15) is 5.82 Å². The number of anilines is 1. The summed E-state index contributed by atoms with van der Waals surface area (Å²) in [5.74, 6) is 2.03. The third kappa shape index (κ3) is 3.38. The molecule has 2 amide bonds. The molecule has 1 aliphatic heterocycles. The van der Waals surface area contributed by atoms with Crippen molar-refractivity contribution in [3.05, 3.63) is 40.4 Å². The quantitative estimate of drug-likeness (QED) is 0.885. The number of hydrogen-bond acceptors (Lipinski definition) is 3. The number of amides is 2. The fourth-order valence-electron chi connectivity index (χ4n) is 2.91. The summed E-state index contributed by atoms with van der Waals surface area (Å²) < 4.78 is 2.12. The van der Waals surface area contributed by atoms with Gasteiger partial charge in [0.05, 0.1) is 6.04 Å². The molecule has 0 spiro atoms. The topological polar surface area (TPSA) is 71.8 Å². The van der Waals surface area contributed by atoms with Gasteiger partial charge in [0.2, 0.25) is 0 Å². The summed E-state index contributed by atoms with van der Waals surface area (Å²) in [5.41, 5.74) is 1.64. The molecule has 1 aromatic carbocycles. The van der Waals surface area contributed by atoms with E-state index in [-0.39, 0.29) is 18.0 Å². The van der Waals surface area contributed by atoms with Gasteiger partial charge in [-0.2, -0.15) is 0 Å². The lowest BCUT2D eigenvalue weighted by Gasteiger charge is -2.22. The number of urea groups is 1. The molecular formula is C17H22ClN5O. The van der Waals surface area contributed by atoms with E-state index >= 15 is 0 Å². The molecule has 0 unspecified atom stereocenters. The third-order valence-electron chi connectivity index (χ3n) is 4.30. The van der Waals surface area contributed by atoms with E-state index in [1.54, 1.807) is 6.07 Å². The van der Waals surface area contributed by atoms with Crippen molar-refractivity contribution in [2.75, 3.05) is 5.32 Å². The Morgan fingerprint density at radius 2 is 2.12 bits per heavy atom. The van der Waals surface area contributed by atoms with Gasteiger partial charge in [0.15, 0.2) is 5.82 Å². The van der Waals surface area contributed by atoms with Gasteiger partial charge in [0, 0.05) is 23.7 Å². The smallest absolute Gasteiger partial charge is 0.319 e. The van der Waals surface area contributed by atoms with Crippen molar-refractivity contribution in [1.29, 1.82) is 0 Å². The van der Waals surface area contributed by atoms with Crippen molar-refractivity contribution in [2.45, 2.75) is 46.2 Å². The molecule has 1 aromatic heterocycles. The van der Waals surface area contributed by atoms with Crippen LogP contribution >= 0.6 is 11.6 Å². The zero-order valence-electron chi connectivity index (χ0n) is 14.1. The Kier molecular flexibility index (Phi) is 4.76. The van der Waals surface area contributed by atoms with Crippen LogP contribution in [-0.4, -0.2) is 20.8 Å².